The highest BCUT2D eigenvalue weighted by Crippen LogP contribution is 2.27. The van der Waals surface area contributed by atoms with Gasteiger partial charge in [0.15, 0.2) is 0 Å². The lowest BCUT2D eigenvalue weighted by Gasteiger charge is -2.32. The number of hydrogen-bond acceptors (Lipinski definition) is 2. The summed E-state index contributed by atoms with van der Waals surface area (Å²) in [7, 11) is 0. The normalized spacial score (nSPS) is 12.4. The molecule has 1 N–H and O–H groups in total. The Morgan fingerprint density at radius 3 is 2.13 bits per heavy atom. The Kier molecular flexibility index (Phi) is 8.34. The molecule has 4 nitrogen and oxygen atoms in total. The SMILES string of the molecule is Cc1ccc(CCC(=O)N(Cc2c(Cl)cccc2Cl)[C@@H](C)C(=O)NC(C)(C)C)cc1. The van der Waals surface area contributed by atoms with E-state index in [9.17, 15) is 9.59 Å². The molecule has 0 saturated carbocycles. The van der Waals surface area contributed by atoms with Crippen molar-refractivity contribution in [3.8, 4) is 0 Å². The summed E-state index contributed by atoms with van der Waals surface area (Å²) < 4.78 is 0. The van der Waals surface area contributed by atoms with E-state index in [2.05, 4.69) is 5.32 Å². The van der Waals surface area contributed by atoms with Crippen molar-refractivity contribution in [2.75, 3.05) is 0 Å². The van der Waals surface area contributed by atoms with Crippen molar-refractivity contribution in [2.45, 2.75) is 65.6 Å². The van der Waals surface area contributed by atoms with E-state index in [4.69, 9.17) is 23.2 Å². The number of halogens is 2. The van der Waals surface area contributed by atoms with E-state index in [1.807, 2.05) is 52.0 Å². The first-order valence-corrected chi connectivity index (χ1v) is 10.8. The van der Waals surface area contributed by atoms with Crippen molar-refractivity contribution in [2.24, 2.45) is 0 Å². The summed E-state index contributed by atoms with van der Waals surface area (Å²) in [5.74, 6) is -0.336. The number of hydrogen-bond donors (Lipinski definition) is 1. The second kappa shape index (κ2) is 10.3. The number of carbonyl (C=O) groups is 2. The molecule has 0 bridgehead atoms. The molecule has 6 heteroatoms. The molecule has 0 heterocycles. The van der Waals surface area contributed by atoms with Crippen LogP contribution in [0.1, 0.15) is 50.8 Å². The second-order valence-electron chi connectivity index (χ2n) is 8.62. The van der Waals surface area contributed by atoms with Gasteiger partial charge in [0.05, 0.1) is 0 Å². The lowest BCUT2D eigenvalue weighted by atomic mass is 10.1. The fraction of sp³-hybridized carbons (Fsp3) is 0.417. The first-order valence-electron chi connectivity index (χ1n) is 10.1. The number of aryl methyl sites for hydroxylation is 2. The molecule has 2 aromatic rings. The zero-order valence-corrected chi connectivity index (χ0v) is 19.8. The average molecular weight is 449 g/mol. The minimum atomic E-state index is -0.665. The van der Waals surface area contributed by atoms with Crippen LogP contribution in [-0.2, 0) is 22.6 Å². The third-order valence-electron chi connectivity index (χ3n) is 4.80. The summed E-state index contributed by atoms with van der Waals surface area (Å²) in [6.07, 6.45) is 0.887. The summed E-state index contributed by atoms with van der Waals surface area (Å²) in [5.41, 5.74) is 2.49. The quantitative estimate of drug-likeness (QED) is 0.601. The van der Waals surface area contributed by atoms with Gasteiger partial charge in [0.25, 0.3) is 0 Å². The topological polar surface area (TPSA) is 49.4 Å². The number of amides is 2. The summed E-state index contributed by atoms with van der Waals surface area (Å²) in [4.78, 5) is 27.5. The van der Waals surface area contributed by atoms with Gasteiger partial charge >= 0.3 is 0 Å². The van der Waals surface area contributed by atoms with Crippen LogP contribution in [0.2, 0.25) is 10.0 Å². The Morgan fingerprint density at radius 2 is 1.60 bits per heavy atom. The summed E-state index contributed by atoms with van der Waals surface area (Å²) in [6.45, 7) is 9.66. The maximum absolute atomic E-state index is 13.2. The highest BCUT2D eigenvalue weighted by atomic mass is 35.5. The fourth-order valence-electron chi connectivity index (χ4n) is 3.06. The van der Waals surface area contributed by atoms with Crippen molar-refractivity contribution >= 4 is 35.0 Å². The van der Waals surface area contributed by atoms with Crippen LogP contribution in [0, 0.1) is 6.92 Å². The molecule has 2 aromatic carbocycles. The number of rotatable bonds is 7. The Labute approximate surface area is 189 Å². The van der Waals surface area contributed by atoms with Gasteiger partial charge in [-0.3, -0.25) is 9.59 Å². The predicted molar refractivity (Wildman–Crippen MR) is 124 cm³/mol. The molecule has 0 radical (unpaired) electrons. The fourth-order valence-corrected chi connectivity index (χ4v) is 3.58. The molecule has 0 fully saturated rings. The number of nitrogens with one attached hydrogen (secondary N) is 1. The molecule has 2 amide bonds. The summed E-state index contributed by atoms with van der Waals surface area (Å²) >= 11 is 12.7. The molecule has 0 aliphatic rings. The van der Waals surface area contributed by atoms with Crippen molar-refractivity contribution in [3.63, 3.8) is 0 Å². The van der Waals surface area contributed by atoms with Crippen molar-refractivity contribution in [1.82, 2.24) is 10.2 Å². The van der Waals surface area contributed by atoms with E-state index in [1.165, 1.54) is 5.56 Å². The third kappa shape index (κ3) is 7.03. The Balaban J connectivity index is 2.23. The van der Waals surface area contributed by atoms with E-state index in [1.54, 1.807) is 30.0 Å². The molecule has 1 atom stereocenters. The molecule has 162 valence electrons. The third-order valence-corrected chi connectivity index (χ3v) is 5.51. The monoisotopic (exact) mass is 448 g/mol. The van der Waals surface area contributed by atoms with Crippen molar-refractivity contribution in [1.29, 1.82) is 0 Å². The number of carbonyl (C=O) groups excluding carboxylic acids is 2. The summed E-state index contributed by atoms with van der Waals surface area (Å²) in [5, 5.41) is 3.90. The number of benzene rings is 2. The molecule has 0 aliphatic heterocycles. The van der Waals surface area contributed by atoms with E-state index < -0.39 is 11.6 Å². The first-order chi connectivity index (χ1) is 14.0. The van der Waals surface area contributed by atoms with Crippen LogP contribution in [-0.4, -0.2) is 28.3 Å². The molecule has 0 aliphatic carbocycles. The standard InChI is InChI=1S/C24H30Cl2N2O2/c1-16-9-11-18(12-10-16)13-14-22(29)28(17(2)23(30)27-24(3,4)5)15-19-20(25)7-6-8-21(19)26/h6-12,17H,13-15H2,1-5H3,(H,27,30)/t17-/m0/s1. The molecule has 0 spiro atoms. The smallest absolute Gasteiger partial charge is 0.242 e. The first kappa shape index (κ1) is 24.2. The van der Waals surface area contributed by atoms with E-state index in [0.29, 0.717) is 22.0 Å². The molecule has 0 aromatic heterocycles. The van der Waals surface area contributed by atoms with Crippen molar-refractivity contribution in [3.05, 3.63) is 69.2 Å². The largest absolute Gasteiger partial charge is 0.350 e. The van der Waals surface area contributed by atoms with Crippen molar-refractivity contribution < 1.29 is 9.59 Å². The van der Waals surface area contributed by atoms with Gasteiger partial charge in [-0.1, -0.05) is 59.1 Å². The second-order valence-corrected chi connectivity index (χ2v) is 9.44. The zero-order chi connectivity index (χ0) is 22.5. The molecule has 30 heavy (non-hydrogen) atoms. The lowest BCUT2D eigenvalue weighted by Crippen LogP contribution is -2.52. The Hall–Kier alpha value is -2.04. The lowest BCUT2D eigenvalue weighted by molar-refractivity contribution is -0.141. The zero-order valence-electron chi connectivity index (χ0n) is 18.3. The number of nitrogens with zero attached hydrogens (tertiary/aromatic N) is 1. The highest BCUT2D eigenvalue weighted by Gasteiger charge is 2.29. The van der Waals surface area contributed by atoms with Crippen LogP contribution in [0.4, 0.5) is 0 Å². The molecular weight excluding hydrogens is 419 g/mol. The molecular formula is C24H30Cl2N2O2. The van der Waals surface area contributed by atoms with E-state index >= 15 is 0 Å². The molecule has 0 saturated heterocycles. The minimum Gasteiger partial charge on any atom is -0.350 e. The predicted octanol–water partition coefficient (Wildman–Crippen LogP) is 5.57. The van der Waals surface area contributed by atoms with Crippen LogP contribution in [0.25, 0.3) is 0 Å². The molecule has 0 unspecified atom stereocenters. The van der Waals surface area contributed by atoms with Gasteiger partial charge in [-0.25, -0.2) is 0 Å². The van der Waals surface area contributed by atoms with Gasteiger partial charge < -0.3 is 10.2 Å². The van der Waals surface area contributed by atoms with Crippen LogP contribution < -0.4 is 5.32 Å². The highest BCUT2D eigenvalue weighted by molar-refractivity contribution is 6.36. The van der Waals surface area contributed by atoms with Crippen LogP contribution >= 0.6 is 23.2 Å². The maximum atomic E-state index is 13.2. The van der Waals surface area contributed by atoms with Gasteiger partial charge in [0, 0.05) is 34.1 Å². The van der Waals surface area contributed by atoms with Gasteiger partial charge in [-0.05, 0) is 58.7 Å². The average Bonchev–Trinajstić information content (AvgIpc) is 2.65. The van der Waals surface area contributed by atoms with Gasteiger partial charge in [0.2, 0.25) is 11.8 Å². The summed E-state index contributed by atoms with van der Waals surface area (Å²) in [6, 6.07) is 12.7. The van der Waals surface area contributed by atoms with E-state index in [0.717, 1.165) is 5.56 Å². The minimum absolute atomic E-state index is 0.122. The van der Waals surface area contributed by atoms with Gasteiger partial charge in [0.1, 0.15) is 6.04 Å². The maximum Gasteiger partial charge on any atom is 0.242 e. The van der Waals surface area contributed by atoms with Crippen LogP contribution in [0.15, 0.2) is 42.5 Å². The Bertz CT molecular complexity index is 869. The van der Waals surface area contributed by atoms with E-state index in [-0.39, 0.29) is 24.8 Å². The van der Waals surface area contributed by atoms with Gasteiger partial charge in [-0.15, -0.1) is 0 Å². The van der Waals surface area contributed by atoms with Crippen LogP contribution in [0.3, 0.4) is 0 Å². The Morgan fingerprint density at radius 1 is 1.03 bits per heavy atom. The van der Waals surface area contributed by atoms with Gasteiger partial charge in [-0.2, -0.15) is 0 Å². The molecule has 2 rings (SSSR count). The van der Waals surface area contributed by atoms with Crippen LogP contribution in [0.5, 0.6) is 0 Å².